The summed E-state index contributed by atoms with van der Waals surface area (Å²) in [6.45, 7) is 5.29. The summed E-state index contributed by atoms with van der Waals surface area (Å²) in [5.74, 6) is -0.332. The van der Waals surface area contributed by atoms with E-state index in [4.69, 9.17) is 22.1 Å². The summed E-state index contributed by atoms with van der Waals surface area (Å²) in [5.41, 5.74) is 7.42. The second-order valence-electron chi connectivity index (χ2n) is 6.05. The van der Waals surface area contributed by atoms with Crippen LogP contribution in [0.3, 0.4) is 0 Å². The number of halogens is 2. The molecule has 0 unspecified atom stereocenters. The quantitative estimate of drug-likeness (QED) is 0.752. The number of nitrogen functional groups attached to an aromatic ring is 1. The summed E-state index contributed by atoms with van der Waals surface area (Å²) in [4.78, 5) is 11.8. The second kappa shape index (κ2) is 6.46. The molecule has 0 aliphatic rings. The van der Waals surface area contributed by atoms with E-state index in [-0.39, 0.29) is 5.82 Å². The molecule has 2 aromatic rings. The zero-order valence-corrected chi connectivity index (χ0v) is 13.9. The topological polar surface area (TPSA) is 64.3 Å². The lowest BCUT2D eigenvalue weighted by Crippen LogP contribution is -2.27. The van der Waals surface area contributed by atoms with Crippen LogP contribution in [0.15, 0.2) is 36.4 Å². The van der Waals surface area contributed by atoms with Crippen molar-refractivity contribution in [3.8, 4) is 11.1 Å². The molecule has 0 bridgehead atoms. The second-order valence-corrected chi connectivity index (χ2v) is 6.46. The number of anilines is 2. The van der Waals surface area contributed by atoms with Crippen LogP contribution in [0, 0.1) is 5.82 Å². The average molecular weight is 337 g/mol. The lowest BCUT2D eigenvalue weighted by atomic mass is 10.0. The van der Waals surface area contributed by atoms with Crippen LogP contribution in [-0.4, -0.2) is 11.7 Å². The van der Waals surface area contributed by atoms with Crippen LogP contribution in [0.4, 0.5) is 20.6 Å². The third-order valence-electron chi connectivity index (χ3n) is 2.93. The summed E-state index contributed by atoms with van der Waals surface area (Å²) in [5, 5.41) is 2.95. The van der Waals surface area contributed by atoms with Gasteiger partial charge in [-0.3, -0.25) is 5.32 Å². The molecule has 0 fully saturated rings. The first-order valence-corrected chi connectivity index (χ1v) is 7.38. The van der Waals surface area contributed by atoms with Gasteiger partial charge in [-0.05, 0) is 50.6 Å². The van der Waals surface area contributed by atoms with Crippen molar-refractivity contribution in [1.29, 1.82) is 0 Å². The van der Waals surface area contributed by atoms with Crippen molar-refractivity contribution >= 4 is 29.1 Å². The van der Waals surface area contributed by atoms with Gasteiger partial charge in [0.05, 0.1) is 16.4 Å². The van der Waals surface area contributed by atoms with Crippen LogP contribution in [0.1, 0.15) is 20.8 Å². The number of amides is 1. The van der Waals surface area contributed by atoms with Crippen molar-refractivity contribution in [3.05, 3.63) is 47.2 Å². The van der Waals surface area contributed by atoms with Gasteiger partial charge < -0.3 is 10.5 Å². The highest BCUT2D eigenvalue weighted by atomic mass is 35.5. The van der Waals surface area contributed by atoms with E-state index in [9.17, 15) is 9.18 Å². The first kappa shape index (κ1) is 17.1. The molecule has 0 atom stereocenters. The van der Waals surface area contributed by atoms with Crippen molar-refractivity contribution in [3.63, 3.8) is 0 Å². The minimum atomic E-state index is -0.616. The summed E-state index contributed by atoms with van der Waals surface area (Å²) in [6.07, 6.45) is -0.616. The van der Waals surface area contributed by atoms with Gasteiger partial charge in [-0.1, -0.05) is 23.7 Å². The Kier molecular flexibility index (Phi) is 4.80. The van der Waals surface area contributed by atoms with Gasteiger partial charge in [0.1, 0.15) is 11.4 Å². The van der Waals surface area contributed by atoms with Crippen LogP contribution < -0.4 is 11.1 Å². The summed E-state index contributed by atoms with van der Waals surface area (Å²) in [7, 11) is 0. The minimum Gasteiger partial charge on any atom is -0.444 e. The van der Waals surface area contributed by atoms with Crippen molar-refractivity contribution in [2.75, 3.05) is 11.1 Å². The molecule has 0 spiro atoms. The van der Waals surface area contributed by atoms with Gasteiger partial charge in [-0.25, -0.2) is 9.18 Å². The van der Waals surface area contributed by atoms with Crippen LogP contribution in [0.2, 0.25) is 5.02 Å². The van der Waals surface area contributed by atoms with Gasteiger partial charge in [0.15, 0.2) is 0 Å². The molecule has 0 saturated heterocycles. The van der Waals surface area contributed by atoms with Gasteiger partial charge in [-0.2, -0.15) is 0 Å². The highest BCUT2D eigenvalue weighted by molar-refractivity contribution is 6.34. The summed E-state index contributed by atoms with van der Waals surface area (Å²) < 4.78 is 18.2. The zero-order chi connectivity index (χ0) is 17.2. The van der Waals surface area contributed by atoms with Crippen molar-refractivity contribution in [2.45, 2.75) is 26.4 Å². The largest absolute Gasteiger partial charge is 0.444 e. The van der Waals surface area contributed by atoms with Crippen molar-refractivity contribution < 1.29 is 13.9 Å². The molecule has 2 rings (SSSR count). The zero-order valence-electron chi connectivity index (χ0n) is 13.1. The molecule has 4 nitrogen and oxygen atoms in total. The number of nitrogens with one attached hydrogen (secondary N) is 1. The lowest BCUT2D eigenvalue weighted by molar-refractivity contribution is 0.0636. The summed E-state index contributed by atoms with van der Waals surface area (Å²) >= 11 is 6.25. The van der Waals surface area contributed by atoms with E-state index in [1.54, 1.807) is 45.0 Å². The Morgan fingerprint density at radius 1 is 1.22 bits per heavy atom. The molecule has 1 amide bonds. The molecule has 23 heavy (non-hydrogen) atoms. The van der Waals surface area contributed by atoms with E-state index in [2.05, 4.69) is 5.32 Å². The number of rotatable bonds is 2. The number of carbonyl (C=O) groups is 1. The van der Waals surface area contributed by atoms with E-state index in [0.717, 1.165) is 5.56 Å². The maximum Gasteiger partial charge on any atom is 0.412 e. The summed E-state index contributed by atoms with van der Waals surface area (Å²) in [6, 6.07) is 9.07. The normalized spacial score (nSPS) is 11.2. The fourth-order valence-electron chi connectivity index (χ4n) is 1.96. The Balaban J connectivity index is 2.27. The van der Waals surface area contributed by atoms with E-state index in [1.165, 1.54) is 12.1 Å². The molecule has 2 aromatic carbocycles. The van der Waals surface area contributed by atoms with Crippen molar-refractivity contribution in [2.24, 2.45) is 0 Å². The van der Waals surface area contributed by atoms with Crippen molar-refractivity contribution in [1.82, 2.24) is 0 Å². The fourth-order valence-corrected chi connectivity index (χ4v) is 2.24. The van der Waals surface area contributed by atoms with E-state index >= 15 is 0 Å². The molecular formula is C17H18ClFN2O2. The predicted octanol–water partition coefficient (Wildman–Crippen LogP) is 5.08. The first-order valence-electron chi connectivity index (χ1n) is 7.01. The highest BCUT2D eigenvalue weighted by Crippen LogP contribution is 2.34. The molecule has 3 N–H and O–H groups in total. The smallest absolute Gasteiger partial charge is 0.412 e. The Labute approximate surface area is 139 Å². The molecule has 0 saturated carbocycles. The first-order chi connectivity index (χ1) is 10.7. The third kappa shape index (κ3) is 4.60. The minimum absolute atomic E-state index is 0.332. The Morgan fingerprint density at radius 2 is 1.83 bits per heavy atom. The molecule has 0 aliphatic heterocycles. The monoisotopic (exact) mass is 336 g/mol. The number of nitrogens with two attached hydrogens (primary N) is 1. The Morgan fingerprint density at radius 3 is 2.39 bits per heavy atom. The Bertz CT molecular complexity index is 725. The van der Waals surface area contributed by atoms with Gasteiger partial charge >= 0.3 is 6.09 Å². The Hall–Kier alpha value is -2.27. The molecule has 0 radical (unpaired) electrons. The molecule has 0 aromatic heterocycles. The number of hydrogen-bond acceptors (Lipinski definition) is 3. The van der Waals surface area contributed by atoms with Gasteiger partial charge in [-0.15, -0.1) is 0 Å². The molecule has 6 heteroatoms. The SMILES string of the molecule is CC(C)(C)OC(=O)Nc1cc(Cl)c(-c2ccc(F)cc2)cc1N. The van der Waals surface area contributed by atoms with Crippen LogP contribution in [-0.2, 0) is 4.74 Å². The molecular weight excluding hydrogens is 319 g/mol. The highest BCUT2D eigenvalue weighted by Gasteiger charge is 2.18. The van der Waals surface area contributed by atoms with E-state index in [0.29, 0.717) is 22.0 Å². The predicted molar refractivity (Wildman–Crippen MR) is 91.1 cm³/mol. The van der Waals surface area contributed by atoms with E-state index in [1.807, 2.05) is 0 Å². The fraction of sp³-hybridized carbons (Fsp3) is 0.235. The van der Waals surface area contributed by atoms with Gasteiger partial charge in [0.25, 0.3) is 0 Å². The maximum atomic E-state index is 13.0. The number of hydrogen-bond donors (Lipinski definition) is 2. The molecule has 122 valence electrons. The van der Waals surface area contributed by atoms with Gasteiger partial charge in [0, 0.05) is 5.56 Å². The number of ether oxygens (including phenoxy) is 1. The van der Waals surface area contributed by atoms with Crippen LogP contribution >= 0.6 is 11.6 Å². The number of carbonyl (C=O) groups excluding carboxylic acids is 1. The standard InChI is InChI=1S/C17H18ClFN2O2/c1-17(2,3)23-16(22)21-15-9-13(18)12(8-14(15)20)10-4-6-11(19)7-5-10/h4-9H,20H2,1-3H3,(H,21,22). The van der Waals surface area contributed by atoms with Gasteiger partial charge in [0.2, 0.25) is 0 Å². The molecule has 0 heterocycles. The number of benzene rings is 2. The lowest BCUT2D eigenvalue weighted by Gasteiger charge is -2.20. The average Bonchev–Trinajstić information content (AvgIpc) is 2.41. The van der Waals surface area contributed by atoms with Crippen LogP contribution in [0.5, 0.6) is 0 Å². The molecule has 0 aliphatic carbocycles. The van der Waals surface area contributed by atoms with E-state index < -0.39 is 11.7 Å². The van der Waals surface area contributed by atoms with Crippen LogP contribution in [0.25, 0.3) is 11.1 Å². The maximum absolute atomic E-state index is 13.0. The third-order valence-corrected chi connectivity index (χ3v) is 3.24.